The molecule has 3 aromatic rings. The molecule has 4 heterocycles. The van der Waals surface area contributed by atoms with Gasteiger partial charge in [0.05, 0.1) is 17.5 Å². The van der Waals surface area contributed by atoms with Gasteiger partial charge in [-0.1, -0.05) is 12.1 Å². The average Bonchev–Trinajstić information content (AvgIpc) is 2.85. The van der Waals surface area contributed by atoms with Gasteiger partial charge in [-0.15, -0.1) is 0 Å². The third-order valence-corrected chi connectivity index (χ3v) is 6.34. The molecule has 2 aliphatic rings. The van der Waals surface area contributed by atoms with Crippen LogP contribution in [0.4, 0.5) is 15.9 Å². The van der Waals surface area contributed by atoms with Gasteiger partial charge in [0.15, 0.2) is 5.82 Å². The number of anilines is 2. The SMILES string of the molecule is CC(=O)N1CCC(c2ccc(Nc3nc(-c4ccncc4F)cc4c3C(=O)[N]C=C4)cc2)CC1. The maximum Gasteiger partial charge on any atom is 0.281 e. The van der Waals surface area contributed by atoms with Crippen molar-refractivity contribution < 1.29 is 14.0 Å². The summed E-state index contributed by atoms with van der Waals surface area (Å²) in [5.41, 5.74) is 3.64. The number of likely N-dealkylation sites (tertiary alicyclic amines) is 1. The van der Waals surface area contributed by atoms with Gasteiger partial charge in [-0.2, -0.15) is 0 Å². The van der Waals surface area contributed by atoms with E-state index in [0.717, 1.165) is 37.8 Å². The third kappa shape index (κ3) is 4.26. The summed E-state index contributed by atoms with van der Waals surface area (Å²) in [7, 11) is 0. The number of aromatic nitrogens is 2. The molecule has 2 aliphatic heterocycles. The molecule has 34 heavy (non-hydrogen) atoms. The molecule has 1 fully saturated rings. The number of pyridine rings is 2. The summed E-state index contributed by atoms with van der Waals surface area (Å²) in [6.07, 6.45) is 7.66. The highest BCUT2D eigenvalue weighted by Crippen LogP contribution is 2.33. The van der Waals surface area contributed by atoms with Crippen LogP contribution in [0.25, 0.3) is 17.3 Å². The molecule has 0 saturated carbocycles. The Labute approximate surface area is 196 Å². The summed E-state index contributed by atoms with van der Waals surface area (Å²) < 4.78 is 14.4. The van der Waals surface area contributed by atoms with Crippen LogP contribution in [-0.4, -0.2) is 39.8 Å². The number of hydrogen-bond acceptors (Lipinski definition) is 5. The minimum atomic E-state index is -0.489. The maximum absolute atomic E-state index is 14.4. The van der Waals surface area contributed by atoms with Crippen molar-refractivity contribution in [1.29, 1.82) is 0 Å². The highest BCUT2D eigenvalue weighted by molar-refractivity contribution is 6.05. The monoisotopic (exact) mass is 456 g/mol. The van der Waals surface area contributed by atoms with E-state index in [1.54, 1.807) is 25.1 Å². The molecular weight excluding hydrogens is 433 g/mol. The van der Waals surface area contributed by atoms with Crippen LogP contribution in [0.1, 0.15) is 47.2 Å². The van der Waals surface area contributed by atoms with Crippen molar-refractivity contribution in [2.24, 2.45) is 0 Å². The van der Waals surface area contributed by atoms with Crippen molar-refractivity contribution in [1.82, 2.24) is 20.2 Å². The van der Waals surface area contributed by atoms with E-state index in [9.17, 15) is 14.0 Å². The second-order valence-electron chi connectivity index (χ2n) is 8.45. The lowest BCUT2D eigenvalue weighted by Crippen LogP contribution is -2.36. The summed E-state index contributed by atoms with van der Waals surface area (Å²) in [5.74, 6) is -0.0396. The number of nitrogens with one attached hydrogen (secondary N) is 1. The van der Waals surface area contributed by atoms with Gasteiger partial charge in [0.2, 0.25) is 5.91 Å². The predicted molar refractivity (Wildman–Crippen MR) is 127 cm³/mol. The molecule has 1 N–H and O–H groups in total. The molecule has 1 radical (unpaired) electrons. The zero-order valence-electron chi connectivity index (χ0n) is 18.7. The first-order valence-corrected chi connectivity index (χ1v) is 11.2. The van der Waals surface area contributed by atoms with E-state index in [1.165, 1.54) is 18.0 Å². The standard InChI is InChI=1S/C26H23FN5O2/c1-16(33)32-12-8-18(9-13-32)17-2-4-20(5-3-17)30-25-24-19(6-11-29-26(24)34)14-23(31-25)21-7-10-28-15-22(21)27/h2-7,10-11,14-15,18H,8-9,12-13H2,1H3,(H,30,31). The predicted octanol–water partition coefficient (Wildman–Crippen LogP) is 4.48. The molecule has 2 amide bonds. The first-order valence-electron chi connectivity index (χ1n) is 11.2. The van der Waals surface area contributed by atoms with Gasteiger partial charge in [-0.25, -0.2) is 14.7 Å². The van der Waals surface area contributed by atoms with E-state index in [4.69, 9.17) is 0 Å². The molecule has 2 aromatic heterocycles. The van der Waals surface area contributed by atoms with E-state index in [0.29, 0.717) is 34.1 Å². The van der Waals surface area contributed by atoms with Crippen molar-refractivity contribution >= 4 is 29.4 Å². The molecule has 8 heteroatoms. The Morgan fingerprint density at radius 2 is 1.91 bits per heavy atom. The van der Waals surface area contributed by atoms with Crippen molar-refractivity contribution in [2.75, 3.05) is 18.4 Å². The molecular formula is C26H23FN5O2. The normalized spacial score (nSPS) is 15.6. The number of nitrogens with zero attached hydrogens (tertiary/aromatic N) is 4. The van der Waals surface area contributed by atoms with E-state index in [-0.39, 0.29) is 5.91 Å². The Kier molecular flexibility index (Phi) is 5.79. The van der Waals surface area contributed by atoms with Crippen LogP contribution in [0.5, 0.6) is 0 Å². The van der Waals surface area contributed by atoms with Crippen LogP contribution >= 0.6 is 0 Å². The summed E-state index contributed by atoms with van der Waals surface area (Å²) in [4.78, 5) is 34.4. The van der Waals surface area contributed by atoms with E-state index < -0.39 is 11.7 Å². The number of rotatable bonds is 4. The lowest BCUT2D eigenvalue weighted by Gasteiger charge is -2.31. The zero-order valence-corrected chi connectivity index (χ0v) is 18.7. The fourth-order valence-corrected chi connectivity index (χ4v) is 4.49. The summed E-state index contributed by atoms with van der Waals surface area (Å²) >= 11 is 0. The van der Waals surface area contributed by atoms with Crippen LogP contribution in [0.2, 0.25) is 0 Å². The van der Waals surface area contributed by atoms with Gasteiger partial charge in [0, 0.05) is 43.7 Å². The molecule has 0 aliphatic carbocycles. The average molecular weight is 457 g/mol. The topological polar surface area (TPSA) is 89.3 Å². The summed E-state index contributed by atoms with van der Waals surface area (Å²) in [6.45, 7) is 3.15. The van der Waals surface area contributed by atoms with Crippen molar-refractivity contribution in [3.8, 4) is 11.3 Å². The largest absolute Gasteiger partial charge is 0.343 e. The Morgan fingerprint density at radius 1 is 1.15 bits per heavy atom. The highest BCUT2D eigenvalue weighted by Gasteiger charge is 2.24. The number of hydrogen-bond donors (Lipinski definition) is 1. The third-order valence-electron chi connectivity index (χ3n) is 6.34. The van der Waals surface area contributed by atoms with Gasteiger partial charge in [-0.05, 0) is 60.2 Å². The maximum atomic E-state index is 14.4. The Balaban J connectivity index is 1.42. The molecule has 1 saturated heterocycles. The summed E-state index contributed by atoms with van der Waals surface area (Å²) in [6, 6.07) is 11.2. The number of halogens is 1. The molecule has 0 unspecified atom stereocenters. The number of fused-ring (bicyclic) bond motifs is 1. The molecule has 5 rings (SSSR count). The van der Waals surface area contributed by atoms with Crippen LogP contribution < -0.4 is 10.6 Å². The molecule has 0 atom stereocenters. The molecule has 171 valence electrons. The van der Waals surface area contributed by atoms with Crippen molar-refractivity contribution in [3.05, 3.63) is 77.5 Å². The molecule has 1 aromatic carbocycles. The second-order valence-corrected chi connectivity index (χ2v) is 8.45. The number of carbonyl (C=O) groups excluding carboxylic acids is 2. The fourth-order valence-electron chi connectivity index (χ4n) is 4.49. The quantitative estimate of drug-likeness (QED) is 0.625. The van der Waals surface area contributed by atoms with Crippen molar-refractivity contribution in [2.45, 2.75) is 25.7 Å². The zero-order chi connectivity index (χ0) is 23.7. The van der Waals surface area contributed by atoms with Gasteiger partial charge >= 0.3 is 0 Å². The van der Waals surface area contributed by atoms with Crippen LogP contribution in [0.3, 0.4) is 0 Å². The first kappa shape index (κ1) is 21.8. The van der Waals surface area contributed by atoms with Crippen LogP contribution in [0.15, 0.2) is 55.0 Å². The number of carbonyl (C=O) groups is 2. The van der Waals surface area contributed by atoms with Gasteiger partial charge in [-0.3, -0.25) is 14.6 Å². The van der Waals surface area contributed by atoms with Gasteiger partial charge in [0.1, 0.15) is 5.82 Å². The Hall–Kier alpha value is -4.07. The van der Waals surface area contributed by atoms with E-state index in [1.807, 2.05) is 17.0 Å². The highest BCUT2D eigenvalue weighted by atomic mass is 19.1. The Morgan fingerprint density at radius 3 is 2.62 bits per heavy atom. The molecule has 0 bridgehead atoms. The lowest BCUT2D eigenvalue weighted by molar-refractivity contribution is -0.129. The number of piperidine rings is 1. The first-order chi connectivity index (χ1) is 16.5. The Bertz CT molecular complexity index is 1280. The number of amides is 2. The van der Waals surface area contributed by atoms with Crippen molar-refractivity contribution in [3.63, 3.8) is 0 Å². The minimum Gasteiger partial charge on any atom is -0.343 e. The smallest absolute Gasteiger partial charge is 0.281 e. The van der Waals surface area contributed by atoms with Crippen LogP contribution in [0, 0.1) is 5.82 Å². The van der Waals surface area contributed by atoms with Gasteiger partial charge in [0.25, 0.3) is 5.91 Å². The van der Waals surface area contributed by atoms with Crippen LogP contribution in [-0.2, 0) is 4.79 Å². The minimum absolute atomic E-state index is 0.124. The lowest BCUT2D eigenvalue weighted by atomic mass is 9.89. The molecule has 0 spiro atoms. The summed E-state index contributed by atoms with van der Waals surface area (Å²) in [5, 5.41) is 7.10. The molecule has 7 nitrogen and oxygen atoms in total. The van der Waals surface area contributed by atoms with E-state index in [2.05, 4.69) is 32.7 Å². The van der Waals surface area contributed by atoms with Gasteiger partial charge < -0.3 is 10.2 Å². The second kappa shape index (κ2) is 9.05. The van der Waals surface area contributed by atoms with E-state index >= 15 is 0 Å². The fraction of sp³-hybridized carbons (Fsp3) is 0.231. The number of benzene rings is 1.